The molecular formula is C21H23F2N3O2. The number of anilines is 1. The fraction of sp³-hybridized carbons (Fsp3) is 0.429. The number of aliphatic hydroxyl groups excluding tert-OH is 1. The fourth-order valence-electron chi connectivity index (χ4n) is 3.95. The van der Waals surface area contributed by atoms with Gasteiger partial charge in [0.05, 0.1) is 11.8 Å². The van der Waals surface area contributed by atoms with Crippen molar-refractivity contribution in [2.24, 2.45) is 0 Å². The van der Waals surface area contributed by atoms with Gasteiger partial charge in [0.25, 0.3) is 6.43 Å². The van der Waals surface area contributed by atoms with E-state index >= 15 is 0 Å². The van der Waals surface area contributed by atoms with Crippen LogP contribution in [-0.2, 0) is 0 Å². The molecule has 3 heterocycles. The normalized spacial score (nSPS) is 19.1. The molecule has 1 fully saturated rings. The summed E-state index contributed by atoms with van der Waals surface area (Å²) in [4.78, 5) is 10.4. The van der Waals surface area contributed by atoms with Crippen molar-refractivity contribution in [1.82, 2.24) is 9.97 Å². The van der Waals surface area contributed by atoms with Gasteiger partial charge in [0.1, 0.15) is 17.7 Å². The molecule has 0 saturated carbocycles. The van der Waals surface area contributed by atoms with Crippen molar-refractivity contribution in [3.05, 3.63) is 54.2 Å². The Labute approximate surface area is 162 Å². The summed E-state index contributed by atoms with van der Waals surface area (Å²) in [6.07, 6.45) is 2.42. The number of furan rings is 1. The van der Waals surface area contributed by atoms with Crippen LogP contribution in [0.15, 0.2) is 47.1 Å². The molecule has 1 aliphatic rings. The largest absolute Gasteiger partial charge is 0.467 e. The number of benzene rings is 1. The molecule has 1 aliphatic heterocycles. The minimum absolute atomic E-state index is 0.0218. The van der Waals surface area contributed by atoms with Crippen LogP contribution in [0.4, 0.5) is 14.6 Å². The van der Waals surface area contributed by atoms with Gasteiger partial charge < -0.3 is 14.4 Å². The van der Waals surface area contributed by atoms with Crippen molar-refractivity contribution in [3.63, 3.8) is 0 Å². The van der Waals surface area contributed by atoms with Gasteiger partial charge in [-0.25, -0.2) is 18.7 Å². The number of aliphatic hydroxyl groups is 1. The summed E-state index contributed by atoms with van der Waals surface area (Å²) in [7, 11) is 0. The Morgan fingerprint density at radius 3 is 2.75 bits per heavy atom. The summed E-state index contributed by atoms with van der Waals surface area (Å²) >= 11 is 0. The minimum atomic E-state index is -2.73. The third-order valence-corrected chi connectivity index (χ3v) is 5.31. The molecule has 148 valence electrons. The zero-order valence-electron chi connectivity index (χ0n) is 15.5. The molecular weight excluding hydrogens is 364 g/mol. The highest BCUT2D eigenvalue weighted by Gasteiger charge is 2.28. The van der Waals surface area contributed by atoms with Crippen molar-refractivity contribution in [1.29, 1.82) is 0 Å². The number of alkyl halides is 2. The van der Waals surface area contributed by atoms with Gasteiger partial charge in [0, 0.05) is 24.4 Å². The maximum absolute atomic E-state index is 13.4. The van der Waals surface area contributed by atoms with Crippen molar-refractivity contribution < 1.29 is 18.3 Å². The van der Waals surface area contributed by atoms with Gasteiger partial charge in [-0.15, -0.1) is 0 Å². The number of nitrogens with zero attached hydrogens (tertiary/aromatic N) is 3. The minimum Gasteiger partial charge on any atom is -0.467 e. The lowest BCUT2D eigenvalue weighted by Crippen LogP contribution is -2.37. The predicted molar refractivity (Wildman–Crippen MR) is 102 cm³/mol. The van der Waals surface area contributed by atoms with Gasteiger partial charge in [0.15, 0.2) is 5.82 Å². The van der Waals surface area contributed by atoms with Crippen molar-refractivity contribution in [2.75, 3.05) is 11.4 Å². The quantitative estimate of drug-likeness (QED) is 0.665. The molecule has 0 spiro atoms. The highest BCUT2D eigenvalue weighted by atomic mass is 19.3. The molecule has 0 aliphatic carbocycles. The first-order chi connectivity index (χ1) is 13.6. The second kappa shape index (κ2) is 8.22. The highest BCUT2D eigenvalue weighted by molar-refractivity contribution is 5.89. The summed E-state index contributed by atoms with van der Waals surface area (Å²) in [5.74, 6) is 0.590. The van der Waals surface area contributed by atoms with Crippen molar-refractivity contribution in [3.8, 4) is 0 Å². The Balaban J connectivity index is 1.73. The van der Waals surface area contributed by atoms with Crippen molar-refractivity contribution >= 4 is 16.7 Å². The topological polar surface area (TPSA) is 62.4 Å². The smallest absolute Gasteiger partial charge is 0.297 e. The SMILES string of the molecule is O[C@@H](C[C@H]1CCCCCN1c1nc(C(F)F)nc2ccccc12)c1ccco1. The molecule has 0 amide bonds. The average Bonchev–Trinajstić information content (AvgIpc) is 3.15. The second-order valence-electron chi connectivity index (χ2n) is 7.19. The molecule has 2 aromatic heterocycles. The molecule has 28 heavy (non-hydrogen) atoms. The van der Waals surface area contributed by atoms with Crippen LogP contribution >= 0.6 is 0 Å². The summed E-state index contributed by atoms with van der Waals surface area (Å²) in [6, 6.07) is 10.7. The molecule has 1 N–H and O–H groups in total. The lowest BCUT2D eigenvalue weighted by Gasteiger charge is -2.33. The number of fused-ring (bicyclic) bond motifs is 1. The standard InChI is InChI=1S/C21H23F2N3O2/c22-19(23)20-24-16-9-4-3-8-15(16)21(25-20)26-11-5-1-2-7-14(26)13-17(27)18-10-6-12-28-18/h3-4,6,8-10,12,14,17,19,27H,1-2,5,7,11,13H2/t14-,17+/m1/s1. The molecule has 2 atom stereocenters. The number of rotatable bonds is 5. The molecule has 7 heteroatoms. The third-order valence-electron chi connectivity index (χ3n) is 5.31. The van der Waals surface area contributed by atoms with Crippen molar-refractivity contribution in [2.45, 2.75) is 50.7 Å². The van der Waals surface area contributed by atoms with E-state index in [1.165, 1.54) is 6.26 Å². The Kier molecular flexibility index (Phi) is 5.52. The predicted octanol–water partition coefficient (Wildman–Crippen LogP) is 5.03. The summed E-state index contributed by atoms with van der Waals surface area (Å²) < 4.78 is 32.2. The Morgan fingerprint density at radius 2 is 1.96 bits per heavy atom. The van der Waals surface area contributed by atoms with E-state index in [0.29, 0.717) is 30.1 Å². The van der Waals surface area contributed by atoms with Crippen LogP contribution < -0.4 is 4.90 Å². The molecule has 0 bridgehead atoms. The highest BCUT2D eigenvalue weighted by Crippen LogP contribution is 2.34. The van der Waals surface area contributed by atoms with Gasteiger partial charge in [-0.05, 0) is 37.1 Å². The van der Waals surface area contributed by atoms with Crippen LogP contribution in [-0.4, -0.2) is 27.7 Å². The van der Waals surface area contributed by atoms with E-state index < -0.39 is 18.4 Å². The van der Waals surface area contributed by atoms with Gasteiger partial charge in [-0.3, -0.25) is 0 Å². The third kappa shape index (κ3) is 3.85. The van der Waals surface area contributed by atoms with Gasteiger partial charge in [0.2, 0.25) is 0 Å². The first kappa shape index (κ1) is 18.8. The average molecular weight is 387 g/mol. The Hall–Kier alpha value is -2.54. The number of para-hydroxylation sites is 1. The lowest BCUT2D eigenvalue weighted by atomic mass is 10.0. The maximum Gasteiger partial charge on any atom is 0.297 e. The van der Waals surface area contributed by atoms with E-state index in [1.54, 1.807) is 24.3 Å². The van der Waals surface area contributed by atoms with E-state index in [4.69, 9.17) is 4.42 Å². The van der Waals surface area contributed by atoms with E-state index in [0.717, 1.165) is 31.1 Å². The lowest BCUT2D eigenvalue weighted by molar-refractivity contribution is 0.129. The van der Waals surface area contributed by atoms with Crippen LogP contribution in [0.3, 0.4) is 0 Å². The number of halogens is 2. The van der Waals surface area contributed by atoms with E-state index in [-0.39, 0.29) is 6.04 Å². The number of hydrogen-bond donors (Lipinski definition) is 1. The Morgan fingerprint density at radius 1 is 1.11 bits per heavy atom. The van der Waals surface area contributed by atoms with E-state index in [1.807, 2.05) is 12.1 Å². The number of aromatic nitrogens is 2. The maximum atomic E-state index is 13.4. The van der Waals surface area contributed by atoms with Gasteiger partial charge in [-0.1, -0.05) is 25.0 Å². The fourth-order valence-corrected chi connectivity index (χ4v) is 3.95. The van der Waals surface area contributed by atoms with Crippen LogP contribution in [0.1, 0.15) is 56.2 Å². The zero-order valence-corrected chi connectivity index (χ0v) is 15.5. The molecule has 1 saturated heterocycles. The summed E-state index contributed by atoms with van der Waals surface area (Å²) in [6.45, 7) is 0.708. The van der Waals surface area contributed by atoms with Gasteiger partial charge in [-0.2, -0.15) is 0 Å². The molecule has 0 unspecified atom stereocenters. The second-order valence-corrected chi connectivity index (χ2v) is 7.19. The van der Waals surface area contributed by atoms with Crippen LogP contribution in [0, 0.1) is 0 Å². The molecule has 1 aromatic carbocycles. The first-order valence-corrected chi connectivity index (χ1v) is 9.66. The first-order valence-electron chi connectivity index (χ1n) is 9.66. The zero-order chi connectivity index (χ0) is 19.5. The molecule has 5 nitrogen and oxygen atoms in total. The van der Waals surface area contributed by atoms with Crippen LogP contribution in [0.25, 0.3) is 10.9 Å². The molecule has 3 aromatic rings. The van der Waals surface area contributed by atoms with Crippen LogP contribution in [0.2, 0.25) is 0 Å². The Bertz CT molecular complexity index is 917. The van der Waals surface area contributed by atoms with E-state index in [2.05, 4.69) is 14.9 Å². The monoisotopic (exact) mass is 387 g/mol. The molecule has 4 rings (SSSR count). The van der Waals surface area contributed by atoms with Crippen LogP contribution in [0.5, 0.6) is 0 Å². The summed E-state index contributed by atoms with van der Waals surface area (Å²) in [5.41, 5.74) is 0.511. The van der Waals surface area contributed by atoms with Gasteiger partial charge >= 0.3 is 0 Å². The molecule has 0 radical (unpaired) electrons. The number of hydrogen-bond acceptors (Lipinski definition) is 5. The summed E-state index contributed by atoms with van der Waals surface area (Å²) in [5, 5.41) is 11.4. The van der Waals surface area contributed by atoms with E-state index in [9.17, 15) is 13.9 Å².